The van der Waals surface area contributed by atoms with Gasteiger partial charge in [-0.1, -0.05) is 30.3 Å². The Morgan fingerprint density at radius 1 is 1.06 bits per heavy atom. The van der Waals surface area contributed by atoms with E-state index in [4.69, 9.17) is 9.47 Å². The molecule has 1 aliphatic rings. The summed E-state index contributed by atoms with van der Waals surface area (Å²) in [5.41, 5.74) is 0.614. The van der Waals surface area contributed by atoms with Crippen LogP contribution in [-0.4, -0.2) is 53.6 Å². The third-order valence-corrected chi connectivity index (χ3v) is 5.97. The van der Waals surface area contributed by atoms with Gasteiger partial charge in [0.25, 0.3) is 0 Å². The van der Waals surface area contributed by atoms with Crippen LogP contribution in [-0.2, 0) is 0 Å². The molecule has 1 aliphatic heterocycles. The molecule has 0 saturated carbocycles. The lowest BCUT2D eigenvalue weighted by Gasteiger charge is -2.36. The molecule has 8 heteroatoms. The number of hydrogen-bond donors (Lipinski definition) is 2. The van der Waals surface area contributed by atoms with E-state index < -0.39 is 0 Å². The molecule has 1 aromatic heterocycles. The standard InChI is InChI=1S/C25H31N5O3/c1-19(18-33-21-8-4-3-5-9-21)29-16-13-20(14-17-29)30-24(12-15-26-30)28-25(31)27-22-10-6-7-11-23(22)32-2/h3-12,15,19-20H,13-14,16-18H2,1-2H3,(H2,27,28,31)/t19-/m0/s1. The van der Waals surface area contributed by atoms with E-state index in [0.29, 0.717) is 29.9 Å². The minimum Gasteiger partial charge on any atom is -0.495 e. The Morgan fingerprint density at radius 3 is 2.55 bits per heavy atom. The third kappa shape index (κ3) is 5.84. The zero-order valence-electron chi connectivity index (χ0n) is 19.1. The van der Waals surface area contributed by atoms with Gasteiger partial charge in [-0.2, -0.15) is 5.10 Å². The number of urea groups is 1. The molecule has 2 aromatic carbocycles. The summed E-state index contributed by atoms with van der Waals surface area (Å²) in [5.74, 6) is 2.19. The topological polar surface area (TPSA) is 80.7 Å². The van der Waals surface area contributed by atoms with E-state index in [-0.39, 0.29) is 12.1 Å². The van der Waals surface area contributed by atoms with Gasteiger partial charge >= 0.3 is 6.03 Å². The van der Waals surface area contributed by atoms with Gasteiger partial charge in [0, 0.05) is 25.2 Å². The number of benzene rings is 2. The van der Waals surface area contributed by atoms with Crippen LogP contribution in [0.5, 0.6) is 11.5 Å². The SMILES string of the molecule is COc1ccccc1NC(=O)Nc1ccnn1C1CCN([C@@H](C)COc2ccccc2)CC1. The molecule has 2 N–H and O–H groups in total. The molecule has 2 heterocycles. The highest BCUT2D eigenvalue weighted by atomic mass is 16.5. The minimum atomic E-state index is -0.328. The molecule has 174 valence electrons. The van der Waals surface area contributed by atoms with E-state index in [9.17, 15) is 4.79 Å². The summed E-state index contributed by atoms with van der Waals surface area (Å²) in [5, 5.41) is 10.2. The van der Waals surface area contributed by atoms with Crippen LogP contribution in [0.2, 0.25) is 0 Å². The Bertz CT molecular complexity index is 1030. The average molecular weight is 450 g/mol. The van der Waals surface area contributed by atoms with Crippen molar-refractivity contribution >= 4 is 17.5 Å². The molecular weight excluding hydrogens is 418 g/mol. The summed E-state index contributed by atoms with van der Waals surface area (Å²) in [6, 6.07) is 19.3. The Balaban J connectivity index is 1.29. The normalized spacial score (nSPS) is 15.6. The van der Waals surface area contributed by atoms with Crippen molar-refractivity contribution in [3.8, 4) is 11.5 Å². The summed E-state index contributed by atoms with van der Waals surface area (Å²) in [6.45, 7) is 4.77. The van der Waals surface area contributed by atoms with Gasteiger partial charge in [-0.25, -0.2) is 9.48 Å². The Labute approximate surface area is 194 Å². The van der Waals surface area contributed by atoms with Crippen LogP contribution in [0.15, 0.2) is 66.9 Å². The maximum absolute atomic E-state index is 12.6. The molecule has 33 heavy (non-hydrogen) atoms. The molecule has 0 radical (unpaired) electrons. The summed E-state index contributed by atoms with van der Waals surface area (Å²) < 4.78 is 13.1. The fourth-order valence-electron chi connectivity index (χ4n) is 4.13. The third-order valence-electron chi connectivity index (χ3n) is 5.97. The van der Waals surface area contributed by atoms with Crippen molar-refractivity contribution in [1.82, 2.24) is 14.7 Å². The van der Waals surface area contributed by atoms with Gasteiger partial charge in [-0.15, -0.1) is 0 Å². The van der Waals surface area contributed by atoms with Crippen LogP contribution >= 0.6 is 0 Å². The molecule has 3 aromatic rings. The molecule has 0 aliphatic carbocycles. The Morgan fingerprint density at radius 2 is 1.79 bits per heavy atom. The second-order valence-electron chi connectivity index (χ2n) is 8.18. The first-order valence-electron chi connectivity index (χ1n) is 11.3. The Kier molecular flexibility index (Phi) is 7.47. The molecule has 8 nitrogen and oxygen atoms in total. The number of likely N-dealkylation sites (tertiary alicyclic amines) is 1. The van der Waals surface area contributed by atoms with Crippen molar-refractivity contribution in [1.29, 1.82) is 0 Å². The number of methoxy groups -OCH3 is 1. The monoisotopic (exact) mass is 449 g/mol. The van der Waals surface area contributed by atoms with Crippen LogP contribution in [0.25, 0.3) is 0 Å². The lowest BCUT2D eigenvalue weighted by molar-refractivity contribution is 0.104. The maximum atomic E-state index is 12.6. The van der Waals surface area contributed by atoms with Gasteiger partial charge in [0.15, 0.2) is 0 Å². The van der Waals surface area contributed by atoms with Crippen molar-refractivity contribution in [2.24, 2.45) is 0 Å². The number of para-hydroxylation sites is 3. The number of nitrogens with one attached hydrogen (secondary N) is 2. The second-order valence-corrected chi connectivity index (χ2v) is 8.18. The Hall–Kier alpha value is -3.52. The van der Waals surface area contributed by atoms with E-state index in [0.717, 1.165) is 31.7 Å². The number of hydrogen-bond acceptors (Lipinski definition) is 5. The second kappa shape index (κ2) is 10.9. The maximum Gasteiger partial charge on any atom is 0.324 e. The molecule has 1 atom stereocenters. The number of anilines is 2. The number of carbonyl (C=O) groups is 1. The van der Waals surface area contributed by atoms with Gasteiger partial charge in [0.05, 0.1) is 25.0 Å². The highest BCUT2D eigenvalue weighted by molar-refractivity contribution is 6.00. The molecule has 4 rings (SSSR count). The lowest BCUT2D eigenvalue weighted by Crippen LogP contribution is -2.43. The van der Waals surface area contributed by atoms with Crippen molar-refractivity contribution in [2.45, 2.75) is 31.8 Å². The molecular formula is C25H31N5O3. The smallest absolute Gasteiger partial charge is 0.324 e. The number of ether oxygens (including phenoxy) is 2. The lowest BCUT2D eigenvalue weighted by atomic mass is 10.0. The predicted molar refractivity (Wildman–Crippen MR) is 129 cm³/mol. The number of piperidine rings is 1. The summed E-state index contributed by atoms with van der Waals surface area (Å²) >= 11 is 0. The van der Waals surface area contributed by atoms with Gasteiger partial charge in [-0.05, 0) is 44.0 Å². The predicted octanol–water partition coefficient (Wildman–Crippen LogP) is 4.64. The van der Waals surface area contributed by atoms with Gasteiger partial charge < -0.3 is 14.8 Å². The van der Waals surface area contributed by atoms with Crippen molar-refractivity contribution in [3.05, 3.63) is 66.9 Å². The van der Waals surface area contributed by atoms with Crippen molar-refractivity contribution in [3.63, 3.8) is 0 Å². The van der Waals surface area contributed by atoms with Crippen molar-refractivity contribution < 1.29 is 14.3 Å². The van der Waals surface area contributed by atoms with E-state index >= 15 is 0 Å². The number of carbonyl (C=O) groups excluding carboxylic acids is 1. The van der Waals surface area contributed by atoms with Gasteiger partial charge in [0.1, 0.15) is 23.9 Å². The first kappa shape index (κ1) is 22.7. The van der Waals surface area contributed by atoms with Gasteiger partial charge in [-0.3, -0.25) is 10.2 Å². The first-order chi connectivity index (χ1) is 16.1. The fourth-order valence-corrected chi connectivity index (χ4v) is 4.13. The van der Waals surface area contributed by atoms with Gasteiger partial charge in [0.2, 0.25) is 0 Å². The minimum absolute atomic E-state index is 0.236. The van der Waals surface area contributed by atoms with E-state index in [1.165, 1.54) is 0 Å². The largest absolute Gasteiger partial charge is 0.495 e. The fraction of sp³-hybridized carbons (Fsp3) is 0.360. The summed E-state index contributed by atoms with van der Waals surface area (Å²) in [4.78, 5) is 15.0. The zero-order chi connectivity index (χ0) is 23.0. The summed E-state index contributed by atoms with van der Waals surface area (Å²) in [6.07, 6.45) is 3.64. The van der Waals surface area contributed by atoms with E-state index in [2.05, 4.69) is 27.6 Å². The van der Waals surface area contributed by atoms with Crippen LogP contribution in [0.3, 0.4) is 0 Å². The highest BCUT2D eigenvalue weighted by Gasteiger charge is 2.26. The molecule has 2 amide bonds. The molecule has 1 saturated heterocycles. The summed E-state index contributed by atoms with van der Waals surface area (Å²) in [7, 11) is 1.58. The van der Waals surface area contributed by atoms with Crippen LogP contribution in [0.1, 0.15) is 25.8 Å². The van der Waals surface area contributed by atoms with Crippen LogP contribution in [0, 0.1) is 0 Å². The number of amides is 2. The quantitative estimate of drug-likeness (QED) is 0.524. The molecule has 0 bridgehead atoms. The molecule has 1 fully saturated rings. The average Bonchev–Trinajstić information content (AvgIpc) is 3.31. The number of rotatable bonds is 8. The highest BCUT2D eigenvalue weighted by Crippen LogP contribution is 2.27. The van der Waals surface area contributed by atoms with Crippen LogP contribution in [0.4, 0.5) is 16.3 Å². The molecule has 0 unspecified atom stereocenters. The van der Waals surface area contributed by atoms with Crippen molar-refractivity contribution in [2.75, 3.05) is 37.4 Å². The zero-order valence-corrected chi connectivity index (χ0v) is 19.1. The first-order valence-corrected chi connectivity index (χ1v) is 11.3. The molecule has 0 spiro atoms. The number of nitrogens with zero attached hydrogens (tertiary/aromatic N) is 3. The van der Waals surface area contributed by atoms with E-state index in [1.807, 2.05) is 53.2 Å². The van der Waals surface area contributed by atoms with E-state index in [1.54, 1.807) is 25.4 Å². The van der Waals surface area contributed by atoms with Crippen LogP contribution < -0.4 is 20.1 Å². The number of aromatic nitrogens is 2.